The first-order chi connectivity index (χ1) is 8.52. The van der Waals surface area contributed by atoms with Crippen LogP contribution in [0.5, 0.6) is 0 Å². The minimum absolute atomic E-state index is 0.0389. The molecule has 1 aromatic carbocycles. The molecule has 1 amide bonds. The number of nitrogens with zero attached hydrogens (tertiary/aromatic N) is 1. The third kappa shape index (κ3) is 2.29. The predicted molar refractivity (Wildman–Crippen MR) is 68.7 cm³/mol. The van der Waals surface area contributed by atoms with Gasteiger partial charge in [0.05, 0.1) is 19.6 Å². The second-order valence-electron chi connectivity index (χ2n) is 4.73. The van der Waals surface area contributed by atoms with E-state index in [9.17, 15) is 9.59 Å². The molecular weight excluding hydrogens is 230 g/mol. The van der Waals surface area contributed by atoms with Crippen molar-refractivity contribution in [1.29, 1.82) is 0 Å². The average Bonchev–Trinajstić information content (AvgIpc) is 2.30. The molecule has 1 N–H and O–H groups in total. The van der Waals surface area contributed by atoms with E-state index >= 15 is 0 Å². The van der Waals surface area contributed by atoms with Gasteiger partial charge in [0.1, 0.15) is 0 Å². The van der Waals surface area contributed by atoms with Gasteiger partial charge in [-0.05, 0) is 36.6 Å². The van der Waals surface area contributed by atoms with Crippen LogP contribution >= 0.6 is 0 Å². The molecule has 0 radical (unpaired) electrons. The summed E-state index contributed by atoms with van der Waals surface area (Å²) in [7, 11) is 0. The first-order valence-electron chi connectivity index (χ1n) is 6.06. The molecule has 4 nitrogen and oxygen atoms in total. The van der Waals surface area contributed by atoms with Crippen molar-refractivity contribution < 1.29 is 14.7 Å². The first-order valence-corrected chi connectivity index (χ1v) is 6.06. The Morgan fingerprint density at radius 2 is 2.00 bits per heavy atom. The van der Waals surface area contributed by atoms with Gasteiger partial charge >= 0.3 is 0 Å². The summed E-state index contributed by atoms with van der Waals surface area (Å²) < 4.78 is 0. The lowest BCUT2D eigenvalue weighted by Gasteiger charge is -2.29. The van der Waals surface area contributed by atoms with Crippen LogP contribution in [-0.4, -0.2) is 29.9 Å². The summed E-state index contributed by atoms with van der Waals surface area (Å²) >= 11 is 0. The van der Waals surface area contributed by atoms with Crippen molar-refractivity contribution in [1.82, 2.24) is 0 Å². The molecule has 4 heteroatoms. The zero-order valence-electron chi connectivity index (χ0n) is 10.7. The fourth-order valence-corrected chi connectivity index (χ4v) is 2.24. The van der Waals surface area contributed by atoms with Crippen molar-refractivity contribution in [3.63, 3.8) is 0 Å². The Morgan fingerprint density at radius 3 is 2.67 bits per heavy atom. The zero-order valence-corrected chi connectivity index (χ0v) is 10.7. The van der Waals surface area contributed by atoms with Crippen LogP contribution in [0.4, 0.5) is 5.69 Å². The van der Waals surface area contributed by atoms with Gasteiger partial charge < -0.3 is 10.0 Å². The smallest absolute Gasteiger partial charge is 0.229 e. The van der Waals surface area contributed by atoms with Gasteiger partial charge in [-0.15, -0.1) is 0 Å². The quantitative estimate of drug-likeness (QED) is 0.852. The van der Waals surface area contributed by atoms with Gasteiger partial charge in [-0.1, -0.05) is 6.07 Å². The molecule has 96 valence electrons. The van der Waals surface area contributed by atoms with Gasteiger partial charge in [-0.25, -0.2) is 0 Å². The molecule has 0 saturated heterocycles. The van der Waals surface area contributed by atoms with Crippen LogP contribution in [-0.2, 0) is 16.0 Å². The van der Waals surface area contributed by atoms with Gasteiger partial charge in [0, 0.05) is 12.1 Å². The number of amides is 1. The average molecular weight is 247 g/mol. The van der Waals surface area contributed by atoms with Gasteiger partial charge in [-0.3, -0.25) is 9.59 Å². The third-order valence-corrected chi connectivity index (χ3v) is 3.33. The zero-order chi connectivity index (χ0) is 13.3. The van der Waals surface area contributed by atoms with Crippen LogP contribution in [0.25, 0.3) is 0 Å². The second kappa shape index (κ2) is 4.90. The molecule has 0 fully saturated rings. The molecule has 1 aliphatic rings. The van der Waals surface area contributed by atoms with E-state index in [0.29, 0.717) is 6.42 Å². The highest BCUT2D eigenvalue weighted by atomic mass is 16.3. The van der Waals surface area contributed by atoms with Gasteiger partial charge in [0.2, 0.25) is 5.91 Å². The predicted octanol–water partition coefficient (Wildman–Crippen LogP) is 1.14. The van der Waals surface area contributed by atoms with Crippen LogP contribution in [0.3, 0.4) is 0 Å². The minimum Gasteiger partial charge on any atom is -0.396 e. The van der Waals surface area contributed by atoms with E-state index in [4.69, 9.17) is 5.11 Å². The summed E-state index contributed by atoms with van der Waals surface area (Å²) in [6.45, 7) is 3.91. The molecule has 1 aromatic rings. The SMILES string of the molecule is Cc1cc2c(cc1C)N(C(=O)CCO)CC(=O)C2. The van der Waals surface area contributed by atoms with E-state index < -0.39 is 0 Å². The summed E-state index contributed by atoms with van der Waals surface area (Å²) in [6.07, 6.45) is 0.443. The fourth-order valence-electron chi connectivity index (χ4n) is 2.24. The van der Waals surface area contributed by atoms with Crippen molar-refractivity contribution in [2.24, 2.45) is 0 Å². The Balaban J connectivity index is 2.44. The Hall–Kier alpha value is -1.68. The number of hydrogen-bond acceptors (Lipinski definition) is 3. The molecule has 1 aliphatic heterocycles. The summed E-state index contributed by atoms with van der Waals surface area (Å²) in [5.74, 6) is -0.160. The molecule has 0 atom stereocenters. The summed E-state index contributed by atoms with van der Waals surface area (Å²) in [5, 5.41) is 8.85. The van der Waals surface area contributed by atoms with Crippen molar-refractivity contribution in [2.45, 2.75) is 26.7 Å². The van der Waals surface area contributed by atoms with E-state index in [0.717, 1.165) is 22.4 Å². The van der Waals surface area contributed by atoms with Gasteiger partial charge in [0.15, 0.2) is 5.78 Å². The lowest BCUT2D eigenvalue weighted by atomic mass is 9.96. The molecular formula is C14H17NO3. The number of anilines is 1. The molecule has 0 bridgehead atoms. The summed E-state index contributed by atoms with van der Waals surface area (Å²) in [5.41, 5.74) is 3.94. The summed E-state index contributed by atoms with van der Waals surface area (Å²) in [4.78, 5) is 25.1. The van der Waals surface area contributed by atoms with Gasteiger partial charge in [-0.2, -0.15) is 0 Å². The maximum absolute atomic E-state index is 11.9. The van der Waals surface area contributed by atoms with E-state index in [-0.39, 0.29) is 31.3 Å². The number of ketones is 1. The first kappa shape index (κ1) is 12.8. The van der Waals surface area contributed by atoms with Crippen molar-refractivity contribution in [3.05, 3.63) is 28.8 Å². The fraction of sp³-hybridized carbons (Fsp3) is 0.429. The monoisotopic (exact) mass is 247 g/mol. The van der Waals surface area contributed by atoms with E-state index in [1.807, 2.05) is 26.0 Å². The molecule has 0 aliphatic carbocycles. The van der Waals surface area contributed by atoms with E-state index in [1.54, 1.807) is 0 Å². The number of Topliss-reactive ketones (excluding diaryl/α,β-unsaturated/α-hetero) is 1. The van der Waals surface area contributed by atoms with Crippen molar-refractivity contribution >= 4 is 17.4 Å². The molecule has 18 heavy (non-hydrogen) atoms. The number of hydrogen-bond donors (Lipinski definition) is 1. The van der Waals surface area contributed by atoms with E-state index in [2.05, 4.69) is 0 Å². The number of rotatable bonds is 2. The number of aliphatic hydroxyl groups is 1. The highest BCUT2D eigenvalue weighted by Gasteiger charge is 2.27. The Kier molecular flexibility index (Phi) is 3.48. The van der Waals surface area contributed by atoms with Crippen LogP contribution in [0.2, 0.25) is 0 Å². The molecule has 2 rings (SSSR count). The number of aliphatic hydroxyl groups excluding tert-OH is 1. The number of fused-ring (bicyclic) bond motifs is 1. The molecule has 0 spiro atoms. The maximum atomic E-state index is 11.9. The van der Waals surface area contributed by atoms with Crippen LogP contribution in [0.1, 0.15) is 23.1 Å². The highest BCUT2D eigenvalue weighted by Crippen LogP contribution is 2.29. The largest absolute Gasteiger partial charge is 0.396 e. The highest BCUT2D eigenvalue weighted by molar-refractivity contribution is 6.03. The van der Waals surface area contributed by atoms with Crippen molar-refractivity contribution in [2.75, 3.05) is 18.1 Å². The van der Waals surface area contributed by atoms with E-state index in [1.165, 1.54) is 4.90 Å². The number of benzene rings is 1. The normalized spacial score (nSPS) is 14.6. The molecule has 0 aromatic heterocycles. The Labute approximate surface area is 106 Å². The van der Waals surface area contributed by atoms with Gasteiger partial charge in [0.25, 0.3) is 0 Å². The van der Waals surface area contributed by atoms with Crippen LogP contribution in [0.15, 0.2) is 12.1 Å². The van der Waals surface area contributed by atoms with Crippen LogP contribution in [0, 0.1) is 13.8 Å². The third-order valence-electron chi connectivity index (χ3n) is 3.33. The second-order valence-corrected chi connectivity index (χ2v) is 4.73. The Morgan fingerprint density at radius 1 is 1.33 bits per heavy atom. The lowest BCUT2D eigenvalue weighted by molar-refractivity contribution is -0.123. The van der Waals surface area contributed by atoms with Crippen molar-refractivity contribution in [3.8, 4) is 0 Å². The molecule has 0 unspecified atom stereocenters. The summed E-state index contributed by atoms with van der Waals surface area (Å²) in [6, 6.07) is 3.92. The maximum Gasteiger partial charge on any atom is 0.229 e. The number of carbonyl (C=O) groups is 2. The minimum atomic E-state index is -0.199. The number of aryl methyl sites for hydroxylation is 2. The Bertz CT molecular complexity index is 508. The van der Waals surface area contributed by atoms with Crippen LogP contribution < -0.4 is 4.90 Å². The topological polar surface area (TPSA) is 57.6 Å². The lowest BCUT2D eigenvalue weighted by Crippen LogP contribution is -2.40. The molecule has 0 saturated carbocycles. The number of carbonyl (C=O) groups excluding carboxylic acids is 2. The standard InChI is InChI=1S/C14H17NO3/c1-9-5-11-7-12(17)8-15(14(18)3-4-16)13(11)6-10(9)2/h5-6,16H,3-4,7-8H2,1-2H3. The molecule has 1 heterocycles.